The number of piperidine rings is 1. The number of hydrogen-bond acceptors (Lipinski definition) is 5. The first-order valence-electron chi connectivity index (χ1n) is 8.22. The second-order valence-corrected chi connectivity index (χ2v) is 7.73. The molecule has 0 aromatic carbocycles. The number of rotatable bonds is 3. The number of likely N-dealkylation sites (tertiary alicyclic amines) is 1. The van der Waals surface area contributed by atoms with Crippen molar-refractivity contribution in [3.63, 3.8) is 0 Å². The minimum Gasteiger partial charge on any atom is -0.369 e. The van der Waals surface area contributed by atoms with E-state index in [0.717, 1.165) is 10.7 Å². The molecule has 0 saturated carbocycles. The second-order valence-electron chi connectivity index (χ2n) is 6.75. The lowest BCUT2D eigenvalue weighted by Gasteiger charge is -2.45. The summed E-state index contributed by atoms with van der Waals surface area (Å²) in [6, 6.07) is 3.80. The fourth-order valence-corrected chi connectivity index (χ4v) is 4.56. The molecule has 2 aromatic heterocycles. The Morgan fingerprint density at radius 3 is 2.83 bits per heavy atom. The highest BCUT2D eigenvalue weighted by Gasteiger charge is 2.59. The molecule has 0 aliphatic carbocycles. The Hall–Kier alpha value is -1.60. The summed E-state index contributed by atoms with van der Waals surface area (Å²) in [5.74, 6) is -2.62. The molecule has 0 N–H and O–H groups in total. The van der Waals surface area contributed by atoms with Crippen molar-refractivity contribution in [2.75, 3.05) is 31.1 Å². The molecule has 4 nitrogen and oxygen atoms in total. The molecule has 1 atom stereocenters. The normalized spacial score (nSPS) is 27.0. The van der Waals surface area contributed by atoms with E-state index in [2.05, 4.69) is 14.9 Å². The van der Waals surface area contributed by atoms with E-state index in [1.54, 1.807) is 29.9 Å². The molecule has 0 radical (unpaired) electrons. The molecule has 2 aliphatic heterocycles. The summed E-state index contributed by atoms with van der Waals surface area (Å²) in [5, 5.41) is 2.93. The lowest BCUT2D eigenvalue weighted by atomic mass is 9.75. The van der Waals surface area contributed by atoms with Crippen LogP contribution in [0.2, 0.25) is 0 Å². The van der Waals surface area contributed by atoms with E-state index in [1.165, 1.54) is 0 Å². The molecule has 2 fully saturated rings. The van der Waals surface area contributed by atoms with Crippen LogP contribution in [-0.4, -0.2) is 47.0 Å². The molecular formula is C17H20F2N4S. The smallest absolute Gasteiger partial charge is 0.257 e. The number of thiazole rings is 1. The van der Waals surface area contributed by atoms with Crippen LogP contribution < -0.4 is 4.90 Å². The van der Waals surface area contributed by atoms with E-state index in [4.69, 9.17) is 0 Å². The number of nitrogens with zero attached hydrogens (tertiary/aromatic N) is 4. The molecule has 2 aromatic rings. The van der Waals surface area contributed by atoms with Crippen molar-refractivity contribution in [1.82, 2.24) is 14.9 Å². The predicted molar refractivity (Wildman–Crippen MR) is 90.5 cm³/mol. The average Bonchev–Trinajstić information content (AvgIpc) is 3.23. The van der Waals surface area contributed by atoms with Gasteiger partial charge in [-0.15, -0.1) is 11.3 Å². The van der Waals surface area contributed by atoms with Crippen LogP contribution in [0.3, 0.4) is 0 Å². The van der Waals surface area contributed by atoms with Gasteiger partial charge in [0.15, 0.2) is 0 Å². The molecule has 7 heteroatoms. The zero-order chi connectivity index (χ0) is 16.6. The third kappa shape index (κ3) is 2.80. The molecule has 4 rings (SSSR count). The molecule has 0 bridgehead atoms. The van der Waals surface area contributed by atoms with Crippen LogP contribution in [0.25, 0.3) is 0 Å². The minimum absolute atomic E-state index is 0.0702. The first-order valence-corrected chi connectivity index (χ1v) is 9.10. The van der Waals surface area contributed by atoms with Gasteiger partial charge in [0.1, 0.15) is 5.01 Å². The lowest BCUT2D eigenvalue weighted by molar-refractivity contribution is -0.158. The maximum Gasteiger partial charge on any atom is 0.257 e. The SMILES string of the molecule is FC1(F)CCN(Cc2nccs2)CC12CCN(c1cccnc1)C2. The van der Waals surface area contributed by atoms with E-state index in [9.17, 15) is 8.78 Å². The summed E-state index contributed by atoms with van der Waals surface area (Å²) in [6.07, 6.45) is 5.68. The van der Waals surface area contributed by atoms with Gasteiger partial charge in [0.25, 0.3) is 5.92 Å². The minimum atomic E-state index is -2.62. The molecule has 1 spiro atoms. The maximum absolute atomic E-state index is 14.8. The van der Waals surface area contributed by atoms with Gasteiger partial charge in [0.05, 0.1) is 23.8 Å². The Bertz CT molecular complexity index is 679. The van der Waals surface area contributed by atoms with Gasteiger partial charge in [-0.1, -0.05) is 0 Å². The summed E-state index contributed by atoms with van der Waals surface area (Å²) in [6.45, 7) is 2.58. The fourth-order valence-electron chi connectivity index (χ4n) is 3.90. The highest BCUT2D eigenvalue weighted by molar-refractivity contribution is 7.09. The zero-order valence-electron chi connectivity index (χ0n) is 13.4. The van der Waals surface area contributed by atoms with Crippen LogP contribution in [0.15, 0.2) is 36.1 Å². The van der Waals surface area contributed by atoms with E-state index >= 15 is 0 Å². The third-order valence-electron chi connectivity index (χ3n) is 5.25. The number of alkyl halides is 2. The molecular weight excluding hydrogens is 330 g/mol. The van der Waals surface area contributed by atoms with Gasteiger partial charge in [-0.25, -0.2) is 13.8 Å². The molecule has 2 saturated heterocycles. The van der Waals surface area contributed by atoms with Crippen molar-refractivity contribution < 1.29 is 8.78 Å². The van der Waals surface area contributed by atoms with E-state index in [1.807, 2.05) is 22.4 Å². The highest BCUT2D eigenvalue weighted by Crippen LogP contribution is 2.50. The Kier molecular flexibility index (Phi) is 4.00. The van der Waals surface area contributed by atoms with Crippen molar-refractivity contribution in [3.05, 3.63) is 41.1 Å². The molecule has 128 valence electrons. The van der Waals surface area contributed by atoms with Gasteiger partial charge in [-0.05, 0) is 18.6 Å². The predicted octanol–water partition coefficient (Wildman–Crippen LogP) is 3.28. The van der Waals surface area contributed by atoms with Gasteiger partial charge in [0.2, 0.25) is 0 Å². The van der Waals surface area contributed by atoms with Crippen molar-refractivity contribution in [2.45, 2.75) is 25.3 Å². The number of aromatic nitrogens is 2. The Balaban J connectivity index is 1.53. The summed E-state index contributed by atoms with van der Waals surface area (Å²) >= 11 is 1.59. The first-order chi connectivity index (χ1) is 11.6. The van der Waals surface area contributed by atoms with Crippen LogP contribution >= 0.6 is 11.3 Å². The number of halogens is 2. The van der Waals surface area contributed by atoms with Gasteiger partial charge >= 0.3 is 0 Å². The van der Waals surface area contributed by atoms with Crippen LogP contribution in [0.5, 0.6) is 0 Å². The van der Waals surface area contributed by atoms with Gasteiger partial charge in [-0.2, -0.15) is 0 Å². The summed E-state index contributed by atoms with van der Waals surface area (Å²) < 4.78 is 29.6. The molecule has 0 amide bonds. The standard InChI is InChI=1S/C17H20F2N4S/c18-17(19)4-7-22(11-15-21-6-9-24-15)12-16(17)3-8-23(13-16)14-2-1-5-20-10-14/h1-2,5-6,9-10H,3-4,7-8,11-13H2. The number of hydrogen-bond donors (Lipinski definition) is 0. The Labute approximate surface area is 144 Å². The van der Waals surface area contributed by atoms with Crippen LogP contribution in [0, 0.1) is 5.41 Å². The summed E-state index contributed by atoms with van der Waals surface area (Å²) in [7, 11) is 0. The monoisotopic (exact) mass is 350 g/mol. The second kappa shape index (κ2) is 6.04. The van der Waals surface area contributed by atoms with Crippen LogP contribution in [-0.2, 0) is 6.54 Å². The van der Waals surface area contributed by atoms with E-state index in [-0.39, 0.29) is 6.42 Å². The van der Waals surface area contributed by atoms with E-state index in [0.29, 0.717) is 39.1 Å². The van der Waals surface area contributed by atoms with Crippen molar-refractivity contribution in [3.8, 4) is 0 Å². The fraction of sp³-hybridized carbons (Fsp3) is 0.529. The number of pyridine rings is 1. The van der Waals surface area contributed by atoms with Crippen molar-refractivity contribution >= 4 is 17.0 Å². The maximum atomic E-state index is 14.8. The highest BCUT2D eigenvalue weighted by atomic mass is 32.1. The Morgan fingerprint density at radius 2 is 2.08 bits per heavy atom. The zero-order valence-corrected chi connectivity index (χ0v) is 14.2. The molecule has 2 aliphatic rings. The van der Waals surface area contributed by atoms with Crippen molar-refractivity contribution in [2.24, 2.45) is 5.41 Å². The van der Waals surface area contributed by atoms with Gasteiger partial charge in [0, 0.05) is 50.4 Å². The van der Waals surface area contributed by atoms with Crippen LogP contribution in [0.1, 0.15) is 17.8 Å². The molecule has 4 heterocycles. The van der Waals surface area contributed by atoms with Crippen molar-refractivity contribution in [1.29, 1.82) is 0 Å². The topological polar surface area (TPSA) is 32.3 Å². The quantitative estimate of drug-likeness (QED) is 0.850. The summed E-state index contributed by atoms with van der Waals surface area (Å²) in [4.78, 5) is 12.6. The van der Waals surface area contributed by atoms with E-state index < -0.39 is 11.3 Å². The largest absolute Gasteiger partial charge is 0.369 e. The average molecular weight is 350 g/mol. The Morgan fingerprint density at radius 1 is 1.17 bits per heavy atom. The lowest BCUT2D eigenvalue weighted by Crippen LogP contribution is -2.56. The molecule has 24 heavy (non-hydrogen) atoms. The third-order valence-corrected chi connectivity index (χ3v) is 6.02. The van der Waals surface area contributed by atoms with Crippen LogP contribution in [0.4, 0.5) is 14.5 Å². The number of anilines is 1. The molecule has 1 unspecified atom stereocenters. The first kappa shape index (κ1) is 15.9. The van der Waals surface area contributed by atoms with Gasteiger partial charge in [-0.3, -0.25) is 9.88 Å². The van der Waals surface area contributed by atoms with Gasteiger partial charge < -0.3 is 4.90 Å². The summed E-state index contributed by atoms with van der Waals surface area (Å²) in [5.41, 5.74) is -0.0412.